The zero-order valence-electron chi connectivity index (χ0n) is 12.8. The van der Waals surface area contributed by atoms with Gasteiger partial charge in [0.1, 0.15) is 0 Å². The summed E-state index contributed by atoms with van der Waals surface area (Å²) >= 11 is 0. The molecule has 1 aliphatic rings. The van der Waals surface area contributed by atoms with Crippen molar-refractivity contribution in [3.8, 4) is 0 Å². The summed E-state index contributed by atoms with van der Waals surface area (Å²) in [6.07, 6.45) is 2.83. The minimum absolute atomic E-state index is 0.0783. The summed E-state index contributed by atoms with van der Waals surface area (Å²) in [5, 5.41) is 12.7. The smallest absolute Gasteiger partial charge is 0.251 e. The first-order valence-corrected chi connectivity index (χ1v) is 7.73. The van der Waals surface area contributed by atoms with Crippen LogP contribution in [0, 0.1) is 5.92 Å². The van der Waals surface area contributed by atoms with Crippen LogP contribution in [0.3, 0.4) is 0 Å². The quantitative estimate of drug-likeness (QED) is 0.846. The predicted molar refractivity (Wildman–Crippen MR) is 82.0 cm³/mol. The molecule has 1 amide bonds. The molecular weight excluding hydrogens is 266 g/mol. The number of ether oxygens (including phenoxy) is 1. The Balaban J connectivity index is 1.82. The average Bonchev–Trinajstić information content (AvgIpc) is 2.88. The lowest BCUT2D eigenvalue weighted by molar-refractivity contribution is 0.0656. The van der Waals surface area contributed by atoms with Crippen molar-refractivity contribution in [1.82, 2.24) is 5.32 Å². The van der Waals surface area contributed by atoms with Gasteiger partial charge in [-0.1, -0.05) is 18.6 Å². The summed E-state index contributed by atoms with van der Waals surface area (Å²) in [6.45, 7) is 5.12. The Morgan fingerprint density at radius 3 is 2.62 bits per heavy atom. The third-order valence-electron chi connectivity index (χ3n) is 3.94. The van der Waals surface area contributed by atoms with Crippen LogP contribution in [0.2, 0.25) is 0 Å². The highest BCUT2D eigenvalue weighted by molar-refractivity contribution is 5.94. The molecule has 0 radical (unpaired) electrons. The van der Waals surface area contributed by atoms with Gasteiger partial charge in [-0.3, -0.25) is 4.79 Å². The number of rotatable bonds is 6. The van der Waals surface area contributed by atoms with Crippen molar-refractivity contribution >= 4 is 5.91 Å². The van der Waals surface area contributed by atoms with E-state index >= 15 is 0 Å². The van der Waals surface area contributed by atoms with Gasteiger partial charge in [0, 0.05) is 18.0 Å². The molecule has 2 atom stereocenters. The fourth-order valence-corrected chi connectivity index (χ4v) is 2.60. The fourth-order valence-electron chi connectivity index (χ4n) is 2.60. The van der Waals surface area contributed by atoms with Gasteiger partial charge in [-0.15, -0.1) is 0 Å². The number of nitrogens with one attached hydrogen (secondary N) is 1. The molecular formula is C17H25NO3. The zero-order valence-corrected chi connectivity index (χ0v) is 12.8. The standard InChI is InChI=1S/C17H25NO3/c1-12(2)21-11-13-6-8-14(9-7-13)17(20)18-10-15-4-3-5-16(15)19/h6-9,12,15-16,19H,3-5,10-11H2,1-2H3,(H,18,20). The SMILES string of the molecule is CC(C)OCc1ccc(C(=O)NCC2CCCC2O)cc1. The molecule has 1 aromatic carbocycles. The molecule has 2 unspecified atom stereocenters. The lowest BCUT2D eigenvalue weighted by Crippen LogP contribution is -2.32. The van der Waals surface area contributed by atoms with Crippen LogP contribution in [-0.2, 0) is 11.3 Å². The zero-order chi connectivity index (χ0) is 15.2. The molecule has 1 fully saturated rings. The molecule has 1 aliphatic carbocycles. The van der Waals surface area contributed by atoms with Gasteiger partial charge in [0.25, 0.3) is 5.91 Å². The first-order valence-electron chi connectivity index (χ1n) is 7.73. The predicted octanol–water partition coefficient (Wildman–Crippen LogP) is 2.50. The van der Waals surface area contributed by atoms with Crippen LogP contribution >= 0.6 is 0 Å². The lowest BCUT2D eigenvalue weighted by Gasteiger charge is -2.15. The van der Waals surface area contributed by atoms with Crippen molar-refractivity contribution in [2.45, 2.75) is 51.9 Å². The monoisotopic (exact) mass is 291 g/mol. The second-order valence-electron chi connectivity index (χ2n) is 6.03. The molecule has 0 bridgehead atoms. The van der Waals surface area contributed by atoms with Gasteiger partial charge < -0.3 is 15.2 Å². The van der Waals surface area contributed by atoms with Gasteiger partial charge in [0.15, 0.2) is 0 Å². The van der Waals surface area contributed by atoms with Crippen LogP contribution in [-0.4, -0.2) is 29.8 Å². The third-order valence-corrected chi connectivity index (χ3v) is 3.94. The Hall–Kier alpha value is -1.39. The highest BCUT2D eigenvalue weighted by Gasteiger charge is 2.25. The highest BCUT2D eigenvalue weighted by Crippen LogP contribution is 2.24. The molecule has 4 nitrogen and oxygen atoms in total. The summed E-state index contributed by atoms with van der Waals surface area (Å²) < 4.78 is 5.53. The maximum atomic E-state index is 12.1. The van der Waals surface area contributed by atoms with E-state index < -0.39 is 0 Å². The molecule has 0 aromatic heterocycles. The highest BCUT2D eigenvalue weighted by atomic mass is 16.5. The van der Waals surface area contributed by atoms with E-state index in [2.05, 4.69) is 5.32 Å². The van der Waals surface area contributed by atoms with E-state index in [1.54, 1.807) is 0 Å². The van der Waals surface area contributed by atoms with E-state index in [1.165, 1.54) is 0 Å². The van der Waals surface area contributed by atoms with Crippen LogP contribution < -0.4 is 5.32 Å². The summed E-state index contributed by atoms with van der Waals surface area (Å²) in [7, 11) is 0. The molecule has 116 valence electrons. The molecule has 21 heavy (non-hydrogen) atoms. The summed E-state index contributed by atoms with van der Waals surface area (Å²) in [5.41, 5.74) is 1.71. The summed E-state index contributed by atoms with van der Waals surface area (Å²) in [6, 6.07) is 7.47. The molecule has 0 aliphatic heterocycles. The number of carbonyl (C=O) groups excluding carboxylic acids is 1. The van der Waals surface area contributed by atoms with Crippen molar-refractivity contribution in [1.29, 1.82) is 0 Å². The van der Waals surface area contributed by atoms with E-state index in [1.807, 2.05) is 38.1 Å². The first kappa shape index (κ1) is 16.0. The minimum atomic E-state index is -0.263. The maximum absolute atomic E-state index is 12.1. The Labute approximate surface area is 126 Å². The lowest BCUT2D eigenvalue weighted by atomic mass is 10.1. The molecule has 2 N–H and O–H groups in total. The van der Waals surface area contributed by atoms with Crippen LogP contribution in [0.5, 0.6) is 0 Å². The summed E-state index contributed by atoms with van der Waals surface area (Å²) in [4.78, 5) is 12.1. The van der Waals surface area contributed by atoms with Crippen molar-refractivity contribution < 1.29 is 14.6 Å². The molecule has 0 spiro atoms. The van der Waals surface area contributed by atoms with E-state index in [9.17, 15) is 9.90 Å². The van der Waals surface area contributed by atoms with E-state index in [0.717, 1.165) is 24.8 Å². The van der Waals surface area contributed by atoms with Crippen LogP contribution in [0.15, 0.2) is 24.3 Å². The Kier molecular flexibility index (Phi) is 5.76. The van der Waals surface area contributed by atoms with Crippen LogP contribution in [0.4, 0.5) is 0 Å². The Bertz CT molecular complexity index is 456. The summed E-state index contributed by atoms with van der Waals surface area (Å²) in [5.74, 6) is 0.123. The molecule has 0 heterocycles. The van der Waals surface area contributed by atoms with E-state index in [0.29, 0.717) is 18.7 Å². The van der Waals surface area contributed by atoms with Crippen molar-refractivity contribution in [2.75, 3.05) is 6.54 Å². The molecule has 2 rings (SSSR count). The van der Waals surface area contributed by atoms with Gasteiger partial charge in [-0.25, -0.2) is 0 Å². The fraction of sp³-hybridized carbons (Fsp3) is 0.588. The average molecular weight is 291 g/mol. The third kappa shape index (κ3) is 4.83. The van der Waals surface area contributed by atoms with Crippen LogP contribution in [0.25, 0.3) is 0 Å². The Morgan fingerprint density at radius 2 is 2.05 bits per heavy atom. The Morgan fingerprint density at radius 1 is 1.33 bits per heavy atom. The minimum Gasteiger partial charge on any atom is -0.393 e. The molecule has 1 aromatic rings. The van der Waals surface area contributed by atoms with Gasteiger partial charge in [-0.2, -0.15) is 0 Å². The van der Waals surface area contributed by atoms with Gasteiger partial charge in [0.05, 0.1) is 18.8 Å². The maximum Gasteiger partial charge on any atom is 0.251 e. The largest absolute Gasteiger partial charge is 0.393 e. The molecule has 1 saturated carbocycles. The number of hydrogen-bond donors (Lipinski definition) is 2. The van der Waals surface area contributed by atoms with Gasteiger partial charge in [0.2, 0.25) is 0 Å². The second kappa shape index (κ2) is 7.57. The number of hydrogen-bond acceptors (Lipinski definition) is 3. The second-order valence-corrected chi connectivity index (χ2v) is 6.03. The van der Waals surface area contributed by atoms with Crippen molar-refractivity contribution in [2.24, 2.45) is 5.92 Å². The van der Waals surface area contributed by atoms with Crippen molar-refractivity contribution in [3.63, 3.8) is 0 Å². The van der Waals surface area contributed by atoms with E-state index in [-0.39, 0.29) is 24.0 Å². The number of benzene rings is 1. The van der Waals surface area contributed by atoms with Gasteiger partial charge >= 0.3 is 0 Å². The van der Waals surface area contributed by atoms with Gasteiger partial charge in [-0.05, 0) is 44.4 Å². The number of amides is 1. The normalized spacial score (nSPS) is 21.7. The topological polar surface area (TPSA) is 58.6 Å². The van der Waals surface area contributed by atoms with E-state index in [4.69, 9.17) is 4.74 Å². The molecule has 4 heteroatoms. The molecule has 0 saturated heterocycles. The number of aliphatic hydroxyl groups is 1. The van der Waals surface area contributed by atoms with Crippen molar-refractivity contribution in [3.05, 3.63) is 35.4 Å². The first-order chi connectivity index (χ1) is 10.1. The number of aliphatic hydroxyl groups excluding tert-OH is 1. The number of carbonyl (C=O) groups is 1. The van der Waals surface area contributed by atoms with Crippen LogP contribution in [0.1, 0.15) is 49.0 Å².